The van der Waals surface area contributed by atoms with E-state index in [1.807, 2.05) is 0 Å². The molecule has 0 unspecified atom stereocenters. The maximum Gasteiger partial charge on any atom is 0.507 e. The Kier molecular flexibility index (Phi) is 1.76. The van der Waals surface area contributed by atoms with Crippen LogP contribution in [0.25, 0.3) is 0 Å². The lowest BCUT2D eigenvalue weighted by Gasteiger charge is -2.32. The molecule has 7 heteroatoms. The van der Waals surface area contributed by atoms with E-state index in [4.69, 9.17) is 5.73 Å². The summed E-state index contributed by atoms with van der Waals surface area (Å²) in [6.07, 6.45) is -9.43. The molecule has 15 heavy (non-hydrogen) atoms. The van der Waals surface area contributed by atoms with Crippen LogP contribution in [0.4, 0.5) is 23.2 Å². The minimum absolute atomic E-state index is 0.192. The van der Waals surface area contributed by atoms with Gasteiger partial charge in [0.2, 0.25) is 0 Å². The van der Waals surface area contributed by atoms with Crippen LogP contribution in [0, 0.1) is 0 Å². The molecule has 0 radical (unpaired) electrons. The highest BCUT2D eigenvalue weighted by molar-refractivity contribution is 5.61. The number of nitrogens with two attached hydrogens (primary N) is 1. The van der Waals surface area contributed by atoms with Crippen LogP contribution in [-0.4, -0.2) is 12.2 Å². The molecule has 1 aliphatic rings. The first kappa shape index (κ1) is 9.88. The number of rotatable bonds is 0. The van der Waals surface area contributed by atoms with Gasteiger partial charge in [-0.05, 0) is 12.1 Å². The van der Waals surface area contributed by atoms with E-state index >= 15 is 0 Å². The first-order valence-electron chi connectivity index (χ1n) is 3.86. The minimum atomic E-state index is -4.73. The van der Waals surface area contributed by atoms with Crippen molar-refractivity contribution in [3.63, 3.8) is 0 Å². The molecule has 1 aromatic carbocycles. The van der Waals surface area contributed by atoms with Crippen LogP contribution in [0.1, 0.15) is 0 Å². The van der Waals surface area contributed by atoms with Gasteiger partial charge in [-0.2, -0.15) is 17.6 Å². The van der Waals surface area contributed by atoms with Gasteiger partial charge in [0.05, 0.1) is 5.69 Å². The monoisotopic (exact) mass is 223 g/mol. The molecule has 0 amide bonds. The third kappa shape index (κ3) is 1.34. The topological polar surface area (TPSA) is 44.5 Å². The number of hydrogen-bond donors (Lipinski definition) is 1. The number of benzene rings is 1. The van der Waals surface area contributed by atoms with E-state index in [0.717, 1.165) is 6.07 Å². The first-order chi connectivity index (χ1) is 6.83. The molecule has 0 spiro atoms. The number of halogens is 4. The fourth-order valence-electron chi connectivity index (χ4n) is 1.11. The normalized spacial score (nSPS) is 21.1. The molecule has 0 fully saturated rings. The Labute approximate surface area is 81.4 Å². The molecule has 0 bridgehead atoms. The summed E-state index contributed by atoms with van der Waals surface area (Å²) < 4.78 is 58.3. The number of fused-ring (bicyclic) bond motifs is 1. The molecule has 0 atom stereocenters. The average molecular weight is 223 g/mol. The molecule has 3 nitrogen and oxygen atoms in total. The van der Waals surface area contributed by atoms with E-state index in [1.54, 1.807) is 0 Å². The van der Waals surface area contributed by atoms with E-state index in [0.29, 0.717) is 0 Å². The summed E-state index contributed by atoms with van der Waals surface area (Å²) in [4.78, 5) is 0. The Bertz CT molecular complexity index is 408. The van der Waals surface area contributed by atoms with Gasteiger partial charge >= 0.3 is 12.2 Å². The Morgan fingerprint density at radius 1 is 1.00 bits per heavy atom. The lowest BCUT2D eigenvalue weighted by Crippen LogP contribution is -2.52. The summed E-state index contributed by atoms with van der Waals surface area (Å²) in [5.74, 6) is -1.08. The van der Waals surface area contributed by atoms with Gasteiger partial charge in [-0.25, -0.2) is 0 Å². The lowest BCUT2D eigenvalue weighted by molar-refractivity contribution is -0.391. The number of anilines is 1. The summed E-state index contributed by atoms with van der Waals surface area (Å²) in [5, 5.41) is 0. The van der Waals surface area contributed by atoms with Crippen LogP contribution in [-0.2, 0) is 0 Å². The van der Waals surface area contributed by atoms with Crippen LogP contribution in [0.15, 0.2) is 18.2 Å². The van der Waals surface area contributed by atoms with Crippen molar-refractivity contribution in [1.82, 2.24) is 0 Å². The molecule has 0 aromatic heterocycles. The SMILES string of the molecule is Nc1cccc2c1OC(F)(F)C(F)(F)O2. The zero-order valence-corrected chi connectivity index (χ0v) is 7.14. The summed E-state index contributed by atoms with van der Waals surface area (Å²) in [6, 6.07) is 3.59. The summed E-state index contributed by atoms with van der Waals surface area (Å²) in [6.45, 7) is 0. The Morgan fingerprint density at radius 3 is 2.27 bits per heavy atom. The highest BCUT2D eigenvalue weighted by Crippen LogP contribution is 2.48. The van der Waals surface area contributed by atoms with Crippen LogP contribution < -0.4 is 15.2 Å². The lowest BCUT2D eigenvalue weighted by atomic mass is 10.2. The van der Waals surface area contributed by atoms with Crippen molar-refractivity contribution in [2.45, 2.75) is 12.2 Å². The van der Waals surface area contributed by atoms with E-state index in [-0.39, 0.29) is 5.69 Å². The minimum Gasteiger partial charge on any atom is -0.421 e. The number of ether oxygens (including phenoxy) is 2. The summed E-state index contributed by atoms with van der Waals surface area (Å²) >= 11 is 0. The van der Waals surface area contributed by atoms with Crippen molar-refractivity contribution < 1.29 is 27.0 Å². The van der Waals surface area contributed by atoms with E-state index < -0.39 is 23.7 Å². The maximum atomic E-state index is 12.7. The van der Waals surface area contributed by atoms with Crippen LogP contribution >= 0.6 is 0 Å². The second-order valence-electron chi connectivity index (χ2n) is 2.91. The fourth-order valence-corrected chi connectivity index (χ4v) is 1.11. The number of nitrogen functional groups attached to an aromatic ring is 1. The second kappa shape index (κ2) is 2.68. The third-order valence-corrected chi connectivity index (χ3v) is 1.82. The quantitative estimate of drug-likeness (QED) is 0.541. The van der Waals surface area contributed by atoms with Gasteiger partial charge in [0.15, 0.2) is 11.5 Å². The molecule has 1 heterocycles. The largest absolute Gasteiger partial charge is 0.507 e. The van der Waals surface area contributed by atoms with Gasteiger partial charge in [-0.15, -0.1) is 0 Å². The molecular formula is C8H5F4NO2. The van der Waals surface area contributed by atoms with Crippen molar-refractivity contribution in [1.29, 1.82) is 0 Å². The predicted molar refractivity (Wildman–Crippen MR) is 42.0 cm³/mol. The molecular weight excluding hydrogens is 218 g/mol. The molecule has 0 saturated heterocycles. The van der Waals surface area contributed by atoms with Gasteiger partial charge in [0.1, 0.15) is 0 Å². The number of hydrogen-bond acceptors (Lipinski definition) is 3. The van der Waals surface area contributed by atoms with Crippen LogP contribution in [0.5, 0.6) is 11.5 Å². The van der Waals surface area contributed by atoms with Gasteiger partial charge in [0.25, 0.3) is 0 Å². The molecule has 1 aromatic rings. The third-order valence-electron chi connectivity index (χ3n) is 1.82. The van der Waals surface area contributed by atoms with Crippen molar-refractivity contribution in [3.8, 4) is 11.5 Å². The summed E-state index contributed by atoms with van der Waals surface area (Å²) in [5.41, 5.74) is 5.08. The molecule has 2 N–H and O–H groups in total. The highest BCUT2D eigenvalue weighted by Gasteiger charge is 2.66. The van der Waals surface area contributed by atoms with Crippen molar-refractivity contribution >= 4 is 5.69 Å². The molecule has 0 saturated carbocycles. The first-order valence-corrected chi connectivity index (χ1v) is 3.86. The van der Waals surface area contributed by atoms with Gasteiger partial charge in [-0.3, -0.25) is 0 Å². The van der Waals surface area contributed by atoms with Gasteiger partial charge in [-0.1, -0.05) is 6.07 Å². The van der Waals surface area contributed by atoms with Crippen molar-refractivity contribution in [2.75, 3.05) is 5.73 Å². The maximum absolute atomic E-state index is 12.7. The van der Waals surface area contributed by atoms with E-state index in [1.165, 1.54) is 12.1 Å². The zero-order chi connectivity index (χ0) is 11.3. The van der Waals surface area contributed by atoms with Crippen LogP contribution in [0.3, 0.4) is 0 Å². The standard InChI is InChI=1S/C8H5F4NO2/c9-7(10)8(11,12)15-6-4(13)2-1-3-5(6)14-7/h1-3H,13H2. The van der Waals surface area contributed by atoms with E-state index in [9.17, 15) is 17.6 Å². The summed E-state index contributed by atoms with van der Waals surface area (Å²) in [7, 11) is 0. The zero-order valence-electron chi connectivity index (χ0n) is 7.14. The smallest absolute Gasteiger partial charge is 0.421 e. The van der Waals surface area contributed by atoms with E-state index in [2.05, 4.69) is 9.47 Å². The molecule has 0 aliphatic carbocycles. The van der Waals surface area contributed by atoms with Crippen molar-refractivity contribution in [2.24, 2.45) is 0 Å². The Morgan fingerprint density at radius 2 is 1.60 bits per heavy atom. The number of alkyl halides is 4. The average Bonchev–Trinajstić information content (AvgIpc) is 2.08. The predicted octanol–water partition coefficient (Wildman–Crippen LogP) is 2.23. The molecule has 2 rings (SSSR count). The van der Waals surface area contributed by atoms with Crippen molar-refractivity contribution in [3.05, 3.63) is 18.2 Å². The van der Waals surface area contributed by atoms with Crippen LogP contribution in [0.2, 0.25) is 0 Å². The molecule has 82 valence electrons. The number of para-hydroxylation sites is 1. The highest BCUT2D eigenvalue weighted by atomic mass is 19.3. The fraction of sp³-hybridized carbons (Fsp3) is 0.250. The van der Waals surface area contributed by atoms with Gasteiger partial charge < -0.3 is 15.2 Å². The molecule has 1 aliphatic heterocycles. The second-order valence-corrected chi connectivity index (χ2v) is 2.91. The Balaban J connectivity index is 2.52. The Hall–Kier alpha value is -1.66. The van der Waals surface area contributed by atoms with Gasteiger partial charge in [0, 0.05) is 0 Å².